The monoisotopic (exact) mass is 405 g/mol. The summed E-state index contributed by atoms with van der Waals surface area (Å²) in [6.07, 6.45) is -0.263. The maximum absolute atomic E-state index is 13.3. The summed E-state index contributed by atoms with van der Waals surface area (Å²) in [6, 6.07) is 12.1. The smallest absolute Gasteiger partial charge is 0.191 e. The van der Waals surface area contributed by atoms with Crippen LogP contribution in [-0.4, -0.2) is 14.8 Å². The maximum Gasteiger partial charge on any atom is 0.191 e. The Morgan fingerprint density at radius 3 is 2.74 bits per heavy atom. The van der Waals surface area contributed by atoms with E-state index in [-0.39, 0.29) is 11.9 Å². The molecular weight excluding hydrogens is 385 g/mol. The number of aryl methyl sites for hydroxylation is 1. The van der Waals surface area contributed by atoms with Gasteiger partial charge in [0.05, 0.1) is 0 Å². The molecule has 0 amide bonds. The third kappa shape index (κ3) is 4.82. The number of aromatic nitrogens is 3. The number of rotatable bonds is 7. The lowest BCUT2D eigenvalue weighted by molar-refractivity contribution is 0.208. The minimum atomic E-state index is -0.263. The van der Waals surface area contributed by atoms with Gasteiger partial charge in [-0.2, -0.15) is 0 Å². The average molecular weight is 406 g/mol. The Kier molecular flexibility index (Phi) is 6.39. The van der Waals surface area contributed by atoms with Gasteiger partial charge in [0.15, 0.2) is 17.1 Å². The molecule has 0 saturated heterocycles. The molecule has 0 radical (unpaired) electrons. The first kappa shape index (κ1) is 19.7. The van der Waals surface area contributed by atoms with Crippen molar-refractivity contribution in [1.29, 1.82) is 0 Å². The van der Waals surface area contributed by atoms with Gasteiger partial charge in [0.2, 0.25) is 0 Å². The molecule has 1 aromatic heterocycles. The molecular formula is C20H21ClFN3OS. The number of thioether (sulfide) groups is 1. The fourth-order valence-electron chi connectivity index (χ4n) is 2.77. The number of hydrogen-bond donors (Lipinski definition) is 0. The van der Waals surface area contributed by atoms with Gasteiger partial charge in [-0.15, -0.1) is 10.2 Å². The average Bonchev–Trinajstić information content (AvgIpc) is 3.05. The molecule has 7 heteroatoms. The Balaban J connectivity index is 1.74. The molecule has 142 valence electrons. The van der Waals surface area contributed by atoms with Gasteiger partial charge in [-0.25, -0.2) is 4.39 Å². The fourth-order valence-corrected chi connectivity index (χ4v) is 3.95. The fraction of sp³-hybridized carbons (Fsp3) is 0.300. The van der Waals surface area contributed by atoms with E-state index in [1.165, 1.54) is 23.9 Å². The van der Waals surface area contributed by atoms with E-state index in [9.17, 15) is 4.39 Å². The van der Waals surface area contributed by atoms with Gasteiger partial charge in [-0.3, -0.25) is 0 Å². The second-order valence-corrected chi connectivity index (χ2v) is 7.55. The molecule has 0 saturated carbocycles. The van der Waals surface area contributed by atoms with Crippen molar-refractivity contribution in [1.82, 2.24) is 14.8 Å². The van der Waals surface area contributed by atoms with E-state index >= 15 is 0 Å². The van der Waals surface area contributed by atoms with Gasteiger partial charge in [0.25, 0.3) is 0 Å². The second kappa shape index (κ2) is 8.76. The van der Waals surface area contributed by atoms with E-state index in [4.69, 9.17) is 16.3 Å². The molecule has 0 aliphatic rings. The minimum absolute atomic E-state index is 0.230. The molecule has 2 aromatic carbocycles. The van der Waals surface area contributed by atoms with Gasteiger partial charge in [0.1, 0.15) is 11.6 Å². The minimum Gasteiger partial charge on any atom is -0.482 e. The van der Waals surface area contributed by atoms with E-state index < -0.39 is 0 Å². The Morgan fingerprint density at radius 1 is 1.22 bits per heavy atom. The van der Waals surface area contributed by atoms with Gasteiger partial charge < -0.3 is 9.30 Å². The largest absolute Gasteiger partial charge is 0.482 e. The molecule has 0 N–H and O–H groups in total. The summed E-state index contributed by atoms with van der Waals surface area (Å²) in [5.41, 5.74) is 1.88. The summed E-state index contributed by atoms with van der Waals surface area (Å²) in [6.45, 7) is 6.67. The van der Waals surface area contributed by atoms with Crippen molar-refractivity contribution in [3.05, 3.63) is 70.3 Å². The highest BCUT2D eigenvalue weighted by Gasteiger charge is 2.19. The van der Waals surface area contributed by atoms with Gasteiger partial charge in [-0.1, -0.05) is 35.5 Å². The van der Waals surface area contributed by atoms with Crippen LogP contribution in [-0.2, 0) is 12.3 Å². The molecule has 4 nitrogen and oxygen atoms in total. The Labute approximate surface area is 167 Å². The third-order valence-corrected chi connectivity index (χ3v) is 5.40. The van der Waals surface area contributed by atoms with Crippen LogP contribution in [0.3, 0.4) is 0 Å². The first-order chi connectivity index (χ1) is 13.0. The summed E-state index contributed by atoms with van der Waals surface area (Å²) in [4.78, 5) is 0. The third-order valence-electron chi connectivity index (χ3n) is 4.12. The number of benzene rings is 2. The lowest BCUT2D eigenvalue weighted by Gasteiger charge is -2.17. The van der Waals surface area contributed by atoms with Crippen LogP contribution < -0.4 is 4.74 Å². The second-order valence-electron chi connectivity index (χ2n) is 6.17. The predicted octanol–water partition coefficient (Wildman–Crippen LogP) is 5.83. The van der Waals surface area contributed by atoms with Crippen LogP contribution in [0, 0.1) is 12.7 Å². The Hall–Kier alpha value is -2.05. The van der Waals surface area contributed by atoms with Crippen LogP contribution in [0.2, 0.25) is 5.02 Å². The Morgan fingerprint density at radius 2 is 2.04 bits per heavy atom. The van der Waals surface area contributed by atoms with Crippen molar-refractivity contribution in [2.45, 2.75) is 44.3 Å². The maximum atomic E-state index is 13.3. The first-order valence-corrected chi connectivity index (χ1v) is 10.1. The van der Waals surface area contributed by atoms with E-state index in [0.29, 0.717) is 10.8 Å². The van der Waals surface area contributed by atoms with Crippen molar-refractivity contribution in [3.63, 3.8) is 0 Å². The SMILES string of the molecule is CCn1c(SCc2cccc(F)c2)nnc1C(C)Oc1ccc(Cl)cc1C. The quantitative estimate of drug-likeness (QED) is 0.463. The lowest BCUT2D eigenvalue weighted by Crippen LogP contribution is -2.12. The predicted molar refractivity (Wildman–Crippen MR) is 107 cm³/mol. The van der Waals surface area contributed by atoms with Gasteiger partial charge >= 0.3 is 0 Å². The molecule has 0 aliphatic carbocycles. The molecule has 0 fully saturated rings. The normalized spacial score (nSPS) is 12.2. The summed E-state index contributed by atoms with van der Waals surface area (Å²) < 4.78 is 21.5. The zero-order valence-corrected chi connectivity index (χ0v) is 17.0. The number of halogens is 2. The standard InChI is InChI=1S/C20H21ClFN3OS/c1-4-25-19(14(3)26-18-9-8-16(21)10-13(18)2)23-24-20(25)27-12-15-6-5-7-17(22)11-15/h5-11,14H,4,12H2,1-3H3. The molecule has 3 rings (SSSR count). The van der Waals surface area contributed by atoms with Crippen molar-refractivity contribution in [3.8, 4) is 5.75 Å². The van der Waals surface area contributed by atoms with Gasteiger partial charge in [0, 0.05) is 17.3 Å². The van der Waals surface area contributed by atoms with Crippen LogP contribution in [0.25, 0.3) is 0 Å². The topological polar surface area (TPSA) is 39.9 Å². The highest BCUT2D eigenvalue weighted by molar-refractivity contribution is 7.98. The van der Waals surface area contributed by atoms with Crippen molar-refractivity contribution >= 4 is 23.4 Å². The van der Waals surface area contributed by atoms with Crippen LogP contribution in [0.1, 0.15) is 36.9 Å². The lowest BCUT2D eigenvalue weighted by atomic mass is 10.2. The molecule has 0 aliphatic heterocycles. The number of ether oxygens (including phenoxy) is 1. The first-order valence-electron chi connectivity index (χ1n) is 8.71. The highest BCUT2D eigenvalue weighted by Crippen LogP contribution is 2.29. The molecule has 0 spiro atoms. The zero-order valence-electron chi connectivity index (χ0n) is 15.4. The molecule has 1 unspecified atom stereocenters. The van der Waals surface area contributed by atoms with E-state index in [2.05, 4.69) is 10.2 Å². The zero-order chi connectivity index (χ0) is 19.4. The summed E-state index contributed by atoms with van der Waals surface area (Å²) in [7, 11) is 0. The summed E-state index contributed by atoms with van der Waals surface area (Å²) >= 11 is 7.54. The molecule has 3 aromatic rings. The van der Waals surface area contributed by atoms with Crippen molar-refractivity contribution in [2.75, 3.05) is 0 Å². The van der Waals surface area contributed by atoms with Crippen molar-refractivity contribution < 1.29 is 9.13 Å². The molecule has 1 atom stereocenters. The molecule has 27 heavy (non-hydrogen) atoms. The van der Waals surface area contributed by atoms with E-state index in [1.807, 2.05) is 43.5 Å². The van der Waals surface area contributed by atoms with E-state index in [0.717, 1.165) is 34.4 Å². The highest BCUT2D eigenvalue weighted by atomic mass is 35.5. The number of hydrogen-bond acceptors (Lipinski definition) is 4. The Bertz CT molecular complexity index is 931. The molecule has 0 bridgehead atoms. The van der Waals surface area contributed by atoms with Gasteiger partial charge in [-0.05, 0) is 62.2 Å². The summed E-state index contributed by atoms with van der Waals surface area (Å²) in [5.74, 6) is 1.92. The van der Waals surface area contributed by atoms with Crippen LogP contribution in [0.15, 0.2) is 47.6 Å². The molecule has 1 heterocycles. The van der Waals surface area contributed by atoms with Crippen LogP contribution >= 0.6 is 23.4 Å². The van der Waals surface area contributed by atoms with Crippen LogP contribution in [0.5, 0.6) is 5.75 Å². The van der Waals surface area contributed by atoms with E-state index in [1.54, 1.807) is 12.1 Å². The van der Waals surface area contributed by atoms with Crippen molar-refractivity contribution in [2.24, 2.45) is 0 Å². The van der Waals surface area contributed by atoms with Crippen LogP contribution in [0.4, 0.5) is 4.39 Å². The number of nitrogens with zero attached hydrogens (tertiary/aromatic N) is 3. The summed E-state index contributed by atoms with van der Waals surface area (Å²) in [5, 5.41) is 10.1.